The molecule has 4 N–H and O–H groups in total. The Balaban J connectivity index is 3.63. The largest absolute Gasteiger partial charge is 0.481 e. The zero-order chi connectivity index (χ0) is 14.0. The van der Waals surface area contributed by atoms with E-state index in [1.54, 1.807) is 0 Å². The Morgan fingerprint density at radius 1 is 1.17 bits per heavy atom. The molecule has 0 saturated carbocycles. The average molecular weight is 258 g/mol. The summed E-state index contributed by atoms with van der Waals surface area (Å²) in [6.07, 6.45) is 3.78. The van der Waals surface area contributed by atoms with Gasteiger partial charge in [-0.3, -0.25) is 9.59 Å². The lowest BCUT2D eigenvalue weighted by molar-refractivity contribution is -0.137. The van der Waals surface area contributed by atoms with Gasteiger partial charge in [0.2, 0.25) is 5.91 Å². The highest BCUT2D eigenvalue weighted by molar-refractivity contribution is 5.76. The molecule has 0 aromatic carbocycles. The van der Waals surface area contributed by atoms with Crippen LogP contribution in [0.5, 0.6) is 0 Å². The zero-order valence-electron chi connectivity index (χ0n) is 11.4. The van der Waals surface area contributed by atoms with Crippen LogP contribution in [0.3, 0.4) is 0 Å². The first kappa shape index (κ1) is 16.9. The Bertz CT molecular complexity index is 257. The molecule has 1 amide bonds. The molecule has 0 fully saturated rings. The lowest BCUT2D eigenvalue weighted by Crippen LogP contribution is -2.32. The van der Waals surface area contributed by atoms with Gasteiger partial charge in [-0.1, -0.05) is 6.92 Å². The van der Waals surface area contributed by atoms with E-state index in [1.807, 2.05) is 6.92 Å². The molecule has 0 heterocycles. The molecule has 0 radical (unpaired) electrons. The molecule has 0 aliphatic carbocycles. The number of aliphatic carboxylic acids is 1. The molecular weight excluding hydrogens is 232 g/mol. The van der Waals surface area contributed by atoms with Crippen LogP contribution in [0.4, 0.5) is 0 Å². The number of nitrogens with one attached hydrogen (secondary N) is 1. The van der Waals surface area contributed by atoms with Crippen molar-refractivity contribution in [1.82, 2.24) is 5.32 Å². The number of hydrogen-bond acceptors (Lipinski definition) is 3. The lowest BCUT2D eigenvalue weighted by atomic mass is 10.0. The van der Waals surface area contributed by atoms with E-state index < -0.39 is 5.97 Å². The standard InChI is InChI=1S/C13H26N2O3/c1-10(8-9-14)6-7-12(16)15-11(2)4-3-5-13(17)18/h10-11H,3-9,14H2,1-2H3,(H,15,16)(H,17,18). The van der Waals surface area contributed by atoms with Gasteiger partial charge in [-0.25, -0.2) is 0 Å². The van der Waals surface area contributed by atoms with Crippen molar-refractivity contribution in [2.75, 3.05) is 6.54 Å². The molecule has 0 saturated heterocycles. The molecule has 2 atom stereocenters. The number of amides is 1. The normalized spacial score (nSPS) is 13.9. The van der Waals surface area contributed by atoms with Crippen LogP contribution >= 0.6 is 0 Å². The van der Waals surface area contributed by atoms with E-state index in [4.69, 9.17) is 10.8 Å². The lowest BCUT2D eigenvalue weighted by Gasteiger charge is -2.14. The highest BCUT2D eigenvalue weighted by atomic mass is 16.4. The minimum atomic E-state index is -0.788. The molecule has 106 valence electrons. The number of carboxylic acids is 1. The minimum Gasteiger partial charge on any atom is -0.481 e. The fourth-order valence-electron chi connectivity index (χ4n) is 1.78. The quantitative estimate of drug-likeness (QED) is 0.554. The van der Waals surface area contributed by atoms with Crippen LogP contribution in [0.25, 0.3) is 0 Å². The topological polar surface area (TPSA) is 92.4 Å². The van der Waals surface area contributed by atoms with Crippen molar-refractivity contribution in [2.45, 2.75) is 58.4 Å². The van der Waals surface area contributed by atoms with Crippen molar-refractivity contribution in [2.24, 2.45) is 11.7 Å². The van der Waals surface area contributed by atoms with Gasteiger partial charge >= 0.3 is 5.97 Å². The first-order chi connectivity index (χ1) is 8.45. The molecule has 5 nitrogen and oxygen atoms in total. The third-order valence-electron chi connectivity index (χ3n) is 2.96. The number of hydrogen-bond donors (Lipinski definition) is 3. The second-order valence-electron chi connectivity index (χ2n) is 4.98. The zero-order valence-corrected chi connectivity index (χ0v) is 11.4. The van der Waals surface area contributed by atoms with Gasteiger partial charge in [-0.05, 0) is 45.1 Å². The number of carbonyl (C=O) groups is 2. The highest BCUT2D eigenvalue weighted by Crippen LogP contribution is 2.09. The molecule has 0 bridgehead atoms. The van der Waals surface area contributed by atoms with Crippen LogP contribution in [-0.2, 0) is 9.59 Å². The number of rotatable bonds is 10. The van der Waals surface area contributed by atoms with Crippen molar-refractivity contribution in [3.8, 4) is 0 Å². The van der Waals surface area contributed by atoms with Gasteiger partial charge in [0.05, 0.1) is 0 Å². The van der Waals surface area contributed by atoms with E-state index in [1.165, 1.54) is 0 Å². The molecule has 0 rings (SSSR count). The summed E-state index contributed by atoms with van der Waals surface area (Å²) >= 11 is 0. The van der Waals surface area contributed by atoms with Crippen molar-refractivity contribution in [3.63, 3.8) is 0 Å². The van der Waals surface area contributed by atoms with E-state index in [9.17, 15) is 9.59 Å². The molecule has 0 spiro atoms. The SMILES string of the molecule is CC(CCN)CCC(=O)NC(C)CCCC(=O)O. The third-order valence-corrected chi connectivity index (χ3v) is 2.96. The van der Waals surface area contributed by atoms with Gasteiger partial charge in [0, 0.05) is 18.9 Å². The van der Waals surface area contributed by atoms with Crippen LogP contribution in [0.1, 0.15) is 52.4 Å². The summed E-state index contributed by atoms with van der Waals surface area (Å²) in [5, 5.41) is 11.4. The fourth-order valence-corrected chi connectivity index (χ4v) is 1.78. The second kappa shape index (κ2) is 9.88. The predicted molar refractivity (Wildman–Crippen MR) is 71.2 cm³/mol. The van der Waals surface area contributed by atoms with Crippen LogP contribution in [0, 0.1) is 5.92 Å². The third kappa shape index (κ3) is 10.1. The van der Waals surface area contributed by atoms with Crippen molar-refractivity contribution < 1.29 is 14.7 Å². The molecule has 0 aromatic rings. The minimum absolute atomic E-state index is 0.0432. The first-order valence-electron chi connectivity index (χ1n) is 6.67. The molecule has 0 aromatic heterocycles. The van der Waals surface area contributed by atoms with Crippen LogP contribution < -0.4 is 11.1 Å². The molecule has 0 aliphatic heterocycles. The molecule has 0 aliphatic rings. The maximum atomic E-state index is 11.6. The molecular formula is C13H26N2O3. The second-order valence-corrected chi connectivity index (χ2v) is 4.98. The Morgan fingerprint density at radius 3 is 2.39 bits per heavy atom. The van der Waals surface area contributed by atoms with Crippen LogP contribution in [0.2, 0.25) is 0 Å². The predicted octanol–water partition coefficient (Wildman–Crippen LogP) is 1.51. The maximum absolute atomic E-state index is 11.6. The molecule has 18 heavy (non-hydrogen) atoms. The maximum Gasteiger partial charge on any atom is 0.303 e. The van der Waals surface area contributed by atoms with Crippen molar-refractivity contribution in [1.29, 1.82) is 0 Å². The highest BCUT2D eigenvalue weighted by Gasteiger charge is 2.10. The van der Waals surface area contributed by atoms with E-state index >= 15 is 0 Å². The van der Waals surface area contributed by atoms with Gasteiger partial charge in [-0.15, -0.1) is 0 Å². The van der Waals surface area contributed by atoms with Gasteiger partial charge in [-0.2, -0.15) is 0 Å². The van der Waals surface area contributed by atoms with E-state index in [0.29, 0.717) is 31.7 Å². The first-order valence-corrected chi connectivity index (χ1v) is 6.67. The van der Waals surface area contributed by atoms with Crippen molar-refractivity contribution >= 4 is 11.9 Å². The Kier molecular flexibility index (Phi) is 9.28. The van der Waals surface area contributed by atoms with E-state index in [2.05, 4.69) is 12.2 Å². The number of carboxylic acid groups (broad SMARTS) is 1. The van der Waals surface area contributed by atoms with Gasteiger partial charge in [0.15, 0.2) is 0 Å². The van der Waals surface area contributed by atoms with Gasteiger partial charge in [0.25, 0.3) is 0 Å². The Hall–Kier alpha value is -1.10. The van der Waals surface area contributed by atoms with Crippen LogP contribution in [-0.4, -0.2) is 29.6 Å². The average Bonchev–Trinajstić information content (AvgIpc) is 2.26. The number of nitrogens with two attached hydrogens (primary N) is 1. The van der Waals surface area contributed by atoms with Gasteiger partial charge in [0.1, 0.15) is 0 Å². The van der Waals surface area contributed by atoms with Gasteiger partial charge < -0.3 is 16.2 Å². The summed E-state index contributed by atoms with van der Waals surface area (Å²) in [6, 6.07) is 0.0432. The van der Waals surface area contributed by atoms with E-state index in [-0.39, 0.29) is 18.4 Å². The summed E-state index contributed by atoms with van der Waals surface area (Å²) in [4.78, 5) is 21.9. The summed E-state index contributed by atoms with van der Waals surface area (Å²) < 4.78 is 0. The Labute approximate surface area is 109 Å². The summed E-state index contributed by atoms with van der Waals surface area (Å²) in [5.74, 6) is -0.270. The van der Waals surface area contributed by atoms with Crippen molar-refractivity contribution in [3.05, 3.63) is 0 Å². The fraction of sp³-hybridized carbons (Fsp3) is 0.846. The molecule has 2 unspecified atom stereocenters. The smallest absolute Gasteiger partial charge is 0.303 e. The number of carbonyl (C=O) groups excluding carboxylic acids is 1. The molecule has 5 heteroatoms. The summed E-state index contributed by atoms with van der Waals surface area (Å²) in [5.41, 5.74) is 5.45. The Morgan fingerprint density at radius 2 is 1.83 bits per heavy atom. The summed E-state index contributed by atoms with van der Waals surface area (Å²) in [6.45, 7) is 4.66. The van der Waals surface area contributed by atoms with E-state index in [0.717, 1.165) is 12.8 Å². The summed E-state index contributed by atoms with van der Waals surface area (Å²) in [7, 11) is 0. The van der Waals surface area contributed by atoms with Crippen LogP contribution in [0.15, 0.2) is 0 Å². The monoisotopic (exact) mass is 258 g/mol.